The Bertz CT molecular complexity index is 934. The first kappa shape index (κ1) is 20.4. The summed E-state index contributed by atoms with van der Waals surface area (Å²) in [4.78, 5) is 29.4. The Morgan fingerprint density at radius 2 is 1.73 bits per heavy atom. The first-order valence-electron chi connectivity index (χ1n) is 10.6. The van der Waals surface area contributed by atoms with Crippen LogP contribution in [-0.2, 0) is 11.3 Å². The summed E-state index contributed by atoms with van der Waals surface area (Å²) in [5.41, 5.74) is 3.24. The molecule has 0 saturated heterocycles. The summed E-state index contributed by atoms with van der Waals surface area (Å²) >= 11 is 0. The minimum atomic E-state index is -0.352. The van der Waals surface area contributed by atoms with Gasteiger partial charge in [-0.05, 0) is 73.7 Å². The molecule has 0 heterocycles. The van der Waals surface area contributed by atoms with E-state index in [1.54, 1.807) is 0 Å². The van der Waals surface area contributed by atoms with Gasteiger partial charge in [-0.25, -0.2) is 4.39 Å². The van der Waals surface area contributed by atoms with Crippen LogP contribution >= 0.6 is 0 Å². The molecular formula is C24H28FN3O2. The van der Waals surface area contributed by atoms with Gasteiger partial charge in [-0.1, -0.05) is 6.42 Å². The second kappa shape index (κ2) is 8.46. The molecule has 2 saturated carbocycles. The number of halogens is 1. The van der Waals surface area contributed by atoms with Gasteiger partial charge in [0.15, 0.2) is 0 Å². The van der Waals surface area contributed by atoms with Gasteiger partial charge >= 0.3 is 0 Å². The lowest BCUT2D eigenvalue weighted by molar-refractivity contribution is -0.122. The number of anilines is 2. The maximum absolute atomic E-state index is 13.3. The monoisotopic (exact) mass is 409 g/mol. The second-order valence-electron chi connectivity index (χ2n) is 8.53. The highest BCUT2D eigenvalue weighted by Gasteiger charge is 2.34. The number of carbonyl (C=O) groups excluding carboxylic acids is 2. The van der Waals surface area contributed by atoms with Gasteiger partial charge in [-0.15, -0.1) is 0 Å². The molecule has 0 unspecified atom stereocenters. The van der Waals surface area contributed by atoms with Crippen molar-refractivity contribution in [2.75, 3.05) is 24.3 Å². The number of nitrogens with one attached hydrogen (secondary N) is 1. The van der Waals surface area contributed by atoms with Gasteiger partial charge in [0, 0.05) is 49.5 Å². The summed E-state index contributed by atoms with van der Waals surface area (Å²) < 4.78 is 13.3. The average Bonchev–Trinajstić information content (AvgIpc) is 3.49. The van der Waals surface area contributed by atoms with Crippen molar-refractivity contribution in [1.82, 2.24) is 4.90 Å². The van der Waals surface area contributed by atoms with Gasteiger partial charge in [0.1, 0.15) is 5.82 Å². The van der Waals surface area contributed by atoms with Crippen LogP contribution < -0.4 is 10.2 Å². The van der Waals surface area contributed by atoms with Crippen molar-refractivity contribution in [3.8, 4) is 0 Å². The summed E-state index contributed by atoms with van der Waals surface area (Å²) in [5, 5.41) is 3.03. The molecule has 2 aliphatic carbocycles. The van der Waals surface area contributed by atoms with E-state index in [9.17, 15) is 14.0 Å². The number of benzene rings is 2. The minimum absolute atomic E-state index is 0.0752. The summed E-state index contributed by atoms with van der Waals surface area (Å²) in [6, 6.07) is 11.8. The standard InChI is InChI=1S/C24H28FN3O2/c1-27(2)22-13-10-20(26-23(29)16-4-3-5-16)14-18(22)15-28(21-11-12-21)24(30)17-6-8-19(25)9-7-17/h6-10,13-14,16,21H,3-5,11-12,15H2,1-2H3,(H,26,29). The fourth-order valence-corrected chi connectivity index (χ4v) is 3.84. The third kappa shape index (κ3) is 4.48. The van der Waals surface area contributed by atoms with E-state index in [0.29, 0.717) is 12.1 Å². The Morgan fingerprint density at radius 3 is 2.30 bits per heavy atom. The molecule has 0 bridgehead atoms. The van der Waals surface area contributed by atoms with Crippen molar-refractivity contribution >= 4 is 23.2 Å². The maximum atomic E-state index is 13.3. The second-order valence-corrected chi connectivity index (χ2v) is 8.53. The molecule has 5 nitrogen and oxygen atoms in total. The van der Waals surface area contributed by atoms with E-state index in [-0.39, 0.29) is 29.6 Å². The van der Waals surface area contributed by atoms with Crippen molar-refractivity contribution in [2.24, 2.45) is 5.92 Å². The molecule has 0 atom stereocenters. The molecule has 2 aromatic rings. The molecule has 0 radical (unpaired) electrons. The molecular weight excluding hydrogens is 381 g/mol. The topological polar surface area (TPSA) is 52.7 Å². The normalized spacial score (nSPS) is 16.0. The van der Waals surface area contributed by atoms with E-state index in [0.717, 1.165) is 49.0 Å². The molecule has 2 amide bonds. The van der Waals surface area contributed by atoms with Gasteiger partial charge in [0.2, 0.25) is 5.91 Å². The zero-order chi connectivity index (χ0) is 21.3. The molecule has 30 heavy (non-hydrogen) atoms. The van der Waals surface area contributed by atoms with E-state index in [1.807, 2.05) is 42.1 Å². The number of amides is 2. The van der Waals surface area contributed by atoms with Crippen LogP contribution in [0.25, 0.3) is 0 Å². The van der Waals surface area contributed by atoms with Crippen LogP contribution in [0.1, 0.15) is 48.0 Å². The highest BCUT2D eigenvalue weighted by Crippen LogP contribution is 2.33. The molecule has 1 N–H and O–H groups in total. The Morgan fingerprint density at radius 1 is 1.03 bits per heavy atom. The molecule has 6 heteroatoms. The number of hydrogen-bond acceptors (Lipinski definition) is 3. The SMILES string of the molecule is CN(C)c1ccc(NC(=O)C2CCC2)cc1CN(C(=O)c1ccc(F)cc1)C1CC1. The Labute approximate surface area is 176 Å². The molecule has 158 valence electrons. The summed E-state index contributed by atoms with van der Waals surface area (Å²) in [6.45, 7) is 0.446. The van der Waals surface area contributed by atoms with Gasteiger partial charge < -0.3 is 15.1 Å². The molecule has 2 aromatic carbocycles. The van der Waals surface area contributed by atoms with Crippen LogP contribution in [0.5, 0.6) is 0 Å². The predicted octanol–water partition coefficient (Wildman–Crippen LogP) is 4.44. The first-order chi connectivity index (χ1) is 14.4. The van der Waals surface area contributed by atoms with Gasteiger partial charge in [-0.3, -0.25) is 9.59 Å². The van der Waals surface area contributed by atoms with Crippen LogP contribution in [-0.4, -0.2) is 36.9 Å². The Kier molecular flexibility index (Phi) is 5.75. The van der Waals surface area contributed by atoms with Crippen molar-refractivity contribution in [3.05, 3.63) is 59.4 Å². The largest absolute Gasteiger partial charge is 0.377 e. The van der Waals surface area contributed by atoms with Crippen LogP contribution in [0.15, 0.2) is 42.5 Å². The molecule has 0 aliphatic heterocycles. The van der Waals surface area contributed by atoms with Crippen LogP contribution in [0, 0.1) is 11.7 Å². The lowest BCUT2D eigenvalue weighted by Crippen LogP contribution is -2.33. The van der Waals surface area contributed by atoms with Gasteiger partial charge in [0.25, 0.3) is 5.91 Å². The smallest absolute Gasteiger partial charge is 0.254 e. The lowest BCUT2D eigenvalue weighted by Gasteiger charge is -2.27. The zero-order valence-electron chi connectivity index (χ0n) is 17.5. The quantitative estimate of drug-likeness (QED) is 0.736. The Hall–Kier alpha value is -2.89. The van der Waals surface area contributed by atoms with Crippen LogP contribution in [0.2, 0.25) is 0 Å². The van der Waals surface area contributed by atoms with Crippen molar-refractivity contribution in [3.63, 3.8) is 0 Å². The van der Waals surface area contributed by atoms with Crippen LogP contribution in [0.4, 0.5) is 15.8 Å². The fourth-order valence-electron chi connectivity index (χ4n) is 3.84. The third-order valence-electron chi connectivity index (χ3n) is 5.99. The lowest BCUT2D eigenvalue weighted by atomic mass is 9.85. The highest BCUT2D eigenvalue weighted by atomic mass is 19.1. The number of rotatable bonds is 7. The molecule has 2 fully saturated rings. The summed E-state index contributed by atoms with van der Waals surface area (Å²) in [7, 11) is 3.93. The maximum Gasteiger partial charge on any atom is 0.254 e. The van der Waals surface area contributed by atoms with E-state index >= 15 is 0 Å². The molecule has 0 aromatic heterocycles. The van der Waals surface area contributed by atoms with Crippen LogP contribution in [0.3, 0.4) is 0 Å². The van der Waals surface area contributed by atoms with Crippen molar-refractivity contribution < 1.29 is 14.0 Å². The predicted molar refractivity (Wildman–Crippen MR) is 116 cm³/mol. The van der Waals surface area contributed by atoms with E-state index in [1.165, 1.54) is 24.3 Å². The summed E-state index contributed by atoms with van der Waals surface area (Å²) in [5.74, 6) is -0.253. The van der Waals surface area contributed by atoms with Crippen molar-refractivity contribution in [1.29, 1.82) is 0 Å². The van der Waals surface area contributed by atoms with Crippen molar-refractivity contribution in [2.45, 2.75) is 44.7 Å². The van der Waals surface area contributed by atoms with Gasteiger partial charge in [-0.2, -0.15) is 0 Å². The number of hydrogen-bond donors (Lipinski definition) is 1. The Balaban J connectivity index is 1.58. The number of carbonyl (C=O) groups is 2. The highest BCUT2D eigenvalue weighted by molar-refractivity contribution is 5.95. The average molecular weight is 410 g/mol. The molecule has 2 aliphatic rings. The van der Waals surface area contributed by atoms with E-state index in [4.69, 9.17) is 0 Å². The fraction of sp³-hybridized carbons (Fsp3) is 0.417. The zero-order valence-corrected chi connectivity index (χ0v) is 17.5. The first-order valence-corrected chi connectivity index (χ1v) is 10.6. The summed E-state index contributed by atoms with van der Waals surface area (Å²) in [6.07, 6.45) is 4.97. The van der Waals surface area contributed by atoms with Gasteiger partial charge in [0.05, 0.1) is 0 Å². The van der Waals surface area contributed by atoms with E-state index in [2.05, 4.69) is 5.32 Å². The third-order valence-corrected chi connectivity index (χ3v) is 5.99. The molecule has 0 spiro atoms. The number of nitrogens with zero attached hydrogens (tertiary/aromatic N) is 2. The molecule has 4 rings (SSSR count). The minimum Gasteiger partial charge on any atom is -0.377 e. The van der Waals surface area contributed by atoms with E-state index < -0.39 is 0 Å².